The number of nitrogens with zero attached hydrogens (tertiary/aromatic N) is 1. The van der Waals surface area contributed by atoms with Crippen LogP contribution >= 0.6 is 0 Å². The van der Waals surface area contributed by atoms with Crippen LogP contribution in [-0.4, -0.2) is 45.4 Å². The van der Waals surface area contributed by atoms with E-state index in [1.807, 2.05) is 13.0 Å². The van der Waals surface area contributed by atoms with E-state index in [-0.39, 0.29) is 10.8 Å². The summed E-state index contributed by atoms with van der Waals surface area (Å²) in [6, 6.07) is 12.1. The van der Waals surface area contributed by atoms with Crippen molar-refractivity contribution in [2.45, 2.75) is 25.2 Å². The van der Waals surface area contributed by atoms with Crippen LogP contribution in [0.5, 0.6) is 0 Å². The first-order valence-electron chi connectivity index (χ1n) is 9.07. The van der Waals surface area contributed by atoms with Crippen LogP contribution in [0.4, 0.5) is 5.69 Å². The summed E-state index contributed by atoms with van der Waals surface area (Å²) in [5, 5.41) is 3.26. The largest absolute Gasteiger partial charge is 0.337 e. The third kappa shape index (κ3) is 4.48. The molecule has 1 heterocycles. The Morgan fingerprint density at radius 2 is 1.85 bits per heavy atom. The highest BCUT2D eigenvalue weighted by Crippen LogP contribution is 2.24. The Labute approximate surface area is 160 Å². The SMILES string of the molecule is Cc1ccc(C)c(S(=O)(=O)Nc2ccccc2C(=O)N2CCCNCC2)c1. The minimum absolute atomic E-state index is 0.155. The van der Waals surface area contributed by atoms with E-state index in [2.05, 4.69) is 10.0 Å². The Bertz CT molecular complexity index is 933. The molecule has 0 spiro atoms. The second-order valence-electron chi connectivity index (χ2n) is 6.82. The summed E-state index contributed by atoms with van der Waals surface area (Å²) >= 11 is 0. The van der Waals surface area contributed by atoms with Crippen molar-refractivity contribution in [2.24, 2.45) is 0 Å². The van der Waals surface area contributed by atoms with Gasteiger partial charge in [-0.25, -0.2) is 8.42 Å². The number of carbonyl (C=O) groups is 1. The summed E-state index contributed by atoms with van der Waals surface area (Å²) < 4.78 is 28.5. The monoisotopic (exact) mass is 387 g/mol. The van der Waals surface area contributed by atoms with Crippen molar-refractivity contribution in [3.63, 3.8) is 0 Å². The fourth-order valence-corrected chi connectivity index (χ4v) is 4.58. The maximum atomic E-state index is 13.0. The van der Waals surface area contributed by atoms with Gasteiger partial charge in [0.2, 0.25) is 0 Å². The van der Waals surface area contributed by atoms with Gasteiger partial charge in [-0.15, -0.1) is 0 Å². The minimum atomic E-state index is -3.79. The van der Waals surface area contributed by atoms with E-state index in [1.54, 1.807) is 48.2 Å². The molecule has 0 aliphatic carbocycles. The van der Waals surface area contributed by atoms with E-state index in [0.29, 0.717) is 29.9 Å². The van der Waals surface area contributed by atoms with Crippen LogP contribution in [0.1, 0.15) is 27.9 Å². The van der Waals surface area contributed by atoms with Gasteiger partial charge in [-0.3, -0.25) is 9.52 Å². The van der Waals surface area contributed by atoms with E-state index < -0.39 is 10.0 Å². The average Bonchev–Trinajstić information content (AvgIpc) is 2.92. The molecule has 0 atom stereocenters. The Morgan fingerprint density at radius 1 is 1.07 bits per heavy atom. The summed E-state index contributed by atoms with van der Waals surface area (Å²) in [4.78, 5) is 15.0. The topological polar surface area (TPSA) is 78.5 Å². The van der Waals surface area contributed by atoms with E-state index >= 15 is 0 Å². The van der Waals surface area contributed by atoms with Crippen LogP contribution in [0.25, 0.3) is 0 Å². The number of aryl methyl sites for hydroxylation is 2. The zero-order valence-corrected chi connectivity index (χ0v) is 16.5. The molecule has 3 rings (SSSR count). The molecule has 27 heavy (non-hydrogen) atoms. The third-order valence-corrected chi connectivity index (χ3v) is 6.17. The minimum Gasteiger partial charge on any atom is -0.337 e. The second kappa shape index (κ2) is 8.10. The molecule has 0 radical (unpaired) electrons. The quantitative estimate of drug-likeness (QED) is 0.845. The summed E-state index contributed by atoms with van der Waals surface area (Å²) in [5.41, 5.74) is 2.20. The van der Waals surface area contributed by atoms with Crippen molar-refractivity contribution in [3.05, 3.63) is 59.2 Å². The number of hydrogen-bond acceptors (Lipinski definition) is 4. The lowest BCUT2D eigenvalue weighted by Crippen LogP contribution is -2.34. The lowest BCUT2D eigenvalue weighted by Gasteiger charge is -2.22. The van der Waals surface area contributed by atoms with Crippen molar-refractivity contribution in [3.8, 4) is 0 Å². The van der Waals surface area contributed by atoms with Crippen molar-refractivity contribution >= 4 is 21.6 Å². The molecular formula is C20H25N3O3S. The predicted molar refractivity (Wildman–Crippen MR) is 107 cm³/mol. The molecule has 0 bridgehead atoms. The molecule has 7 heteroatoms. The fraction of sp³-hybridized carbons (Fsp3) is 0.350. The molecule has 0 aromatic heterocycles. The number of hydrogen-bond donors (Lipinski definition) is 2. The van der Waals surface area contributed by atoms with Crippen LogP contribution in [0.15, 0.2) is 47.4 Å². The number of nitrogens with one attached hydrogen (secondary N) is 2. The van der Waals surface area contributed by atoms with Gasteiger partial charge in [0.1, 0.15) is 0 Å². The number of para-hydroxylation sites is 1. The van der Waals surface area contributed by atoms with Crippen LogP contribution in [0.3, 0.4) is 0 Å². The van der Waals surface area contributed by atoms with Gasteiger partial charge in [-0.2, -0.15) is 0 Å². The Morgan fingerprint density at radius 3 is 2.67 bits per heavy atom. The number of rotatable bonds is 4. The van der Waals surface area contributed by atoms with Gasteiger partial charge in [-0.1, -0.05) is 24.3 Å². The number of sulfonamides is 1. The Kier molecular flexibility index (Phi) is 5.82. The van der Waals surface area contributed by atoms with Gasteiger partial charge in [0.15, 0.2) is 0 Å². The normalized spacial score (nSPS) is 15.3. The molecule has 1 saturated heterocycles. The lowest BCUT2D eigenvalue weighted by molar-refractivity contribution is 0.0767. The summed E-state index contributed by atoms with van der Waals surface area (Å²) in [7, 11) is -3.79. The molecule has 0 unspecified atom stereocenters. The molecule has 1 amide bonds. The number of anilines is 1. The van der Waals surface area contributed by atoms with E-state index in [1.165, 1.54) is 0 Å². The standard InChI is InChI=1S/C20H25N3O3S/c1-15-8-9-16(2)19(14-15)27(25,26)22-18-7-4-3-6-17(18)20(24)23-12-5-10-21-11-13-23/h3-4,6-9,14,21-22H,5,10-13H2,1-2H3. The fourth-order valence-electron chi connectivity index (χ4n) is 3.17. The highest BCUT2D eigenvalue weighted by molar-refractivity contribution is 7.92. The smallest absolute Gasteiger partial charge is 0.262 e. The van der Waals surface area contributed by atoms with Crippen LogP contribution < -0.4 is 10.0 Å². The number of benzene rings is 2. The van der Waals surface area contributed by atoms with Crippen LogP contribution in [0.2, 0.25) is 0 Å². The highest BCUT2D eigenvalue weighted by Gasteiger charge is 2.23. The van der Waals surface area contributed by atoms with Crippen molar-refractivity contribution in [1.29, 1.82) is 0 Å². The highest BCUT2D eigenvalue weighted by atomic mass is 32.2. The third-order valence-electron chi connectivity index (χ3n) is 4.66. The summed E-state index contributed by atoms with van der Waals surface area (Å²) in [6.07, 6.45) is 0.877. The number of amides is 1. The van der Waals surface area contributed by atoms with Gasteiger partial charge in [0.05, 0.1) is 16.1 Å². The zero-order chi connectivity index (χ0) is 19.4. The molecule has 2 aromatic carbocycles. The number of carbonyl (C=O) groups excluding carboxylic acids is 1. The van der Waals surface area contributed by atoms with Gasteiger partial charge >= 0.3 is 0 Å². The predicted octanol–water partition coefficient (Wildman–Crippen LogP) is 2.54. The first-order chi connectivity index (χ1) is 12.9. The molecule has 6 nitrogen and oxygen atoms in total. The van der Waals surface area contributed by atoms with Gasteiger partial charge in [-0.05, 0) is 56.1 Å². The molecular weight excluding hydrogens is 362 g/mol. The Balaban J connectivity index is 1.92. The zero-order valence-electron chi connectivity index (χ0n) is 15.7. The molecule has 0 saturated carbocycles. The molecule has 1 aliphatic rings. The van der Waals surface area contributed by atoms with E-state index in [9.17, 15) is 13.2 Å². The first kappa shape index (κ1) is 19.4. The van der Waals surface area contributed by atoms with Crippen LogP contribution in [-0.2, 0) is 10.0 Å². The maximum absolute atomic E-state index is 13.0. The molecule has 1 fully saturated rings. The summed E-state index contributed by atoms with van der Waals surface area (Å²) in [5.74, 6) is -0.155. The van der Waals surface area contributed by atoms with Crippen LogP contribution in [0, 0.1) is 13.8 Å². The van der Waals surface area contributed by atoms with Crippen molar-refractivity contribution in [1.82, 2.24) is 10.2 Å². The molecule has 2 aromatic rings. The maximum Gasteiger partial charge on any atom is 0.262 e. The first-order valence-corrected chi connectivity index (χ1v) is 10.6. The van der Waals surface area contributed by atoms with Crippen molar-refractivity contribution in [2.75, 3.05) is 30.9 Å². The lowest BCUT2D eigenvalue weighted by atomic mass is 10.1. The summed E-state index contributed by atoms with van der Waals surface area (Å²) in [6.45, 7) is 6.49. The van der Waals surface area contributed by atoms with E-state index in [4.69, 9.17) is 0 Å². The van der Waals surface area contributed by atoms with Gasteiger partial charge in [0, 0.05) is 19.6 Å². The second-order valence-corrected chi connectivity index (χ2v) is 8.47. The van der Waals surface area contributed by atoms with E-state index in [0.717, 1.165) is 25.1 Å². The average molecular weight is 388 g/mol. The van der Waals surface area contributed by atoms with Crippen molar-refractivity contribution < 1.29 is 13.2 Å². The van der Waals surface area contributed by atoms with Gasteiger partial charge < -0.3 is 10.2 Å². The Hall–Kier alpha value is -2.38. The van der Waals surface area contributed by atoms with Gasteiger partial charge in [0.25, 0.3) is 15.9 Å². The molecule has 144 valence electrons. The molecule has 1 aliphatic heterocycles. The molecule has 2 N–H and O–H groups in total.